The number of fused-ring (bicyclic) bond motifs is 1. The second kappa shape index (κ2) is 6.43. The molecular formula is C16H19NO4. The topological polar surface area (TPSA) is 68.5 Å². The Morgan fingerprint density at radius 2 is 2.14 bits per heavy atom. The second-order valence-electron chi connectivity index (χ2n) is 4.96. The SMILES string of the molecule is CCNC(=O)[C@H](C)OC(=O)Cc1coc2cc(C)ccc12. The minimum Gasteiger partial charge on any atom is -0.464 e. The van der Waals surface area contributed by atoms with Crippen molar-refractivity contribution in [1.82, 2.24) is 5.32 Å². The molecule has 5 heteroatoms. The largest absolute Gasteiger partial charge is 0.464 e. The fraction of sp³-hybridized carbons (Fsp3) is 0.375. The molecular weight excluding hydrogens is 270 g/mol. The van der Waals surface area contributed by atoms with Gasteiger partial charge in [-0.05, 0) is 32.4 Å². The third kappa shape index (κ3) is 3.62. The van der Waals surface area contributed by atoms with Crippen molar-refractivity contribution in [2.45, 2.75) is 33.3 Å². The molecule has 1 aromatic carbocycles. The lowest BCUT2D eigenvalue weighted by Crippen LogP contribution is -2.35. The Morgan fingerprint density at radius 3 is 2.86 bits per heavy atom. The van der Waals surface area contributed by atoms with Gasteiger partial charge in [-0.1, -0.05) is 12.1 Å². The maximum absolute atomic E-state index is 11.9. The molecule has 112 valence electrons. The van der Waals surface area contributed by atoms with E-state index in [0.29, 0.717) is 6.54 Å². The van der Waals surface area contributed by atoms with E-state index < -0.39 is 12.1 Å². The van der Waals surface area contributed by atoms with Crippen molar-refractivity contribution in [3.05, 3.63) is 35.6 Å². The highest BCUT2D eigenvalue weighted by molar-refractivity contribution is 5.88. The number of furan rings is 1. The predicted molar refractivity (Wildman–Crippen MR) is 78.9 cm³/mol. The molecule has 0 aliphatic rings. The predicted octanol–water partition coefficient (Wildman–Crippen LogP) is 2.35. The summed E-state index contributed by atoms with van der Waals surface area (Å²) in [6.07, 6.45) is 0.847. The molecule has 0 aliphatic heterocycles. The summed E-state index contributed by atoms with van der Waals surface area (Å²) < 4.78 is 10.6. The van der Waals surface area contributed by atoms with Crippen LogP contribution in [0.25, 0.3) is 11.0 Å². The van der Waals surface area contributed by atoms with Gasteiger partial charge >= 0.3 is 5.97 Å². The van der Waals surface area contributed by atoms with Gasteiger partial charge in [-0.2, -0.15) is 0 Å². The molecule has 1 N–H and O–H groups in total. The molecule has 2 rings (SSSR count). The lowest BCUT2D eigenvalue weighted by molar-refractivity contribution is -0.154. The molecule has 5 nitrogen and oxygen atoms in total. The summed E-state index contributed by atoms with van der Waals surface area (Å²) in [6.45, 7) is 5.85. The number of esters is 1. The van der Waals surface area contributed by atoms with Gasteiger partial charge in [0, 0.05) is 17.5 Å². The molecule has 0 bridgehead atoms. The van der Waals surface area contributed by atoms with E-state index in [0.717, 1.165) is 22.1 Å². The van der Waals surface area contributed by atoms with Gasteiger partial charge in [-0.25, -0.2) is 0 Å². The Labute approximate surface area is 123 Å². The number of likely N-dealkylation sites (N-methyl/N-ethyl adjacent to an activating group) is 1. The molecule has 1 heterocycles. The van der Waals surface area contributed by atoms with E-state index in [1.165, 1.54) is 0 Å². The first kappa shape index (κ1) is 15.1. The highest BCUT2D eigenvalue weighted by Crippen LogP contribution is 2.23. The van der Waals surface area contributed by atoms with Crippen LogP contribution in [0.1, 0.15) is 25.0 Å². The Morgan fingerprint density at radius 1 is 1.38 bits per heavy atom. The fourth-order valence-corrected chi connectivity index (χ4v) is 2.09. The van der Waals surface area contributed by atoms with Crippen molar-refractivity contribution in [2.75, 3.05) is 6.54 Å². The van der Waals surface area contributed by atoms with Crippen LogP contribution in [0.2, 0.25) is 0 Å². The van der Waals surface area contributed by atoms with Crippen molar-refractivity contribution in [1.29, 1.82) is 0 Å². The first-order valence-corrected chi connectivity index (χ1v) is 6.95. The molecule has 1 atom stereocenters. The van der Waals surface area contributed by atoms with Crippen molar-refractivity contribution in [3.63, 3.8) is 0 Å². The first-order chi connectivity index (χ1) is 10.0. The van der Waals surface area contributed by atoms with E-state index in [9.17, 15) is 9.59 Å². The quantitative estimate of drug-likeness (QED) is 0.858. The van der Waals surface area contributed by atoms with Crippen molar-refractivity contribution in [2.24, 2.45) is 0 Å². The molecule has 0 unspecified atom stereocenters. The van der Waals surface area contributed by atoms with E-state index in [1.807, 2.05) is 32.0 Å². The number of hydrogen-bond acceptors (Lipinski definition) is 4. The number of hydrogen-bond donors (Lipinski definition) is 1. The number of aryl methyl sites for hydroxylation is 1. The van der Waals surface area contributed by atoms with Crippen LogP contribution in [0, 0.1) is 6.92 Å². The first-order valence-electron chi connectivity index (χ1n) is 6.95. The highest BCUT2D eigenvalue weighted by Gasteiger charge is 2.18. The van der Waals surface area contributed by atoms with Crippen LogP contribution in [0.3, 0.4) is 0 Å². The van der Waals surface area contributed by atoms with E-state index in [-0.39, 0.29) is 12.3 Å². The van der Waals surface area contributed by atoms with Crippen molar-refractivity contribution in [3.8, 4) is 0 Å². The Hall–Kier alpha value is -2.30. The zero-order valence-corrected chi connectivity index (χ0v) is 12.4. The highest BCUT2D eigenvalue weighted by atomic mass is 16.5. The van der Waals surface area contributed by atoms with Gasteiger partial charge in [-0.15, -0.1) is 0 Å². The van der Waals surface area contributed by atoms with Crippen LogP contribution in [-0.2, 0) is 20.7 Å². The van der Waals surface area contributed by atoms with Crippen LogP contribution >= 0.6 is 0 Å². The molecule has 1 aromatic heterocycles. The Kier molecular flexibility index (Phi) is 4.62. The van der Waals surface area contributed by atoms with Crippen LogP contribution in [0.15, 0.2) is 28.9 Å². The molecule has 0 fully saturated rings. The summed E-state index contributed by atoms with van der Waals surface area (Å²) in [7, 11) is 0. The molecule has 0 aliphatic carbocycles. The van der Waals surface area contributed by atoms with Gasteiger partial charge in [0.2, 0.25) is 0 Å². The van der Waals surface area contributed by atoms with E-state index >= 15 is 0 Å². The molecule has 21 heavy (non-hydrogen) atoms. The number of rotatable bonds is 5. The smallest absolute Gasteiger partial charge is 0.311 e. The zero-order chi connectivity index (χ0) is 15.4. The average Bonchev–Trinajstić information content (AvgIpc) is 2.81. The number of carbonyl (C=O) groups is 2. The normalized spacial score (nSPS) is 12.1. The van der Waals surface area contributed by atoms with Crippen LogP contribution in [0.5, 0.6) is 0 Å². The summed E-state index contributed by atoms with van der Waals surface area (Å²) in [5.74, 6) is -0.740. The number of benzene rings is 1. The number of nitrogens with one attached hydrogen (secondary N) is 1. The van der Waals surface area contributed by atoms with Gasteiger partial charge in [0.25, 0.3) is 5.91 Å². The van der Waals surface area contributed by atoms with Crippen LogP contribution in [0.4, 0.5) is 0 Å². The lowest BCUT2D eigenvalue weighted by Gasteiger charge is -2.12. The second-order valence-corrected chi connectivity index (χ2v) is 4.96. The fourth-order valence-electron chi connectivity index (χ4n) is 2.09. The molecule has 0 radical (unpaired) electrons. The van der Waals surface area contributed by atoms with Gasteiger partial charge in [0.05, 0.1) is 12.7 Å². The van der Waals surface area contributed by atoms with Gasteiger partial charge < -0.3 is 14.5 Å². The number of carbonyl (C=O) groups excluding carboxylic acids is 2. The van der Waals surface area contributed by atoms with Crippen LogP contribution in [-0.4, -0.2) is 24.5 Å². The summed E-state index contributed by atoms with van der Waals surface area (Å²) >= 11 is 0. The summed E-state index contributed by atoms with van der Waals surface area (Å²) in [4.78, 5) is 23.4. The van der Waals surface area contributed by atoms with E-state index in [4.69, 9.17) is 9.15 Å². The lowest BCUT2D eigenvalue weighted by atomic mass is 10.1. The van der Waals surface area contributed by atoms with Crippen molar-refractivity contribution < 1.29 is 18.7 Å². The van der Waals surface area contributed by atoms with Crippen LogP contribution < -0.4 is 5.32 Å². The third-order valence-corrected chi connectivity index (χ3v) is 3.17. The van der Waals surface area contributed by atoms with E-state index in [2.05, 4.69) is 5.32 Å². The molecule has 0 spiro atoms. The van der Waals surface area contributed by atoms with Gasteiger partial charge in [0.1, 0.15) is 5.58 Å². The Bertz CT molecular complexity index is 659. The minimum atomic E-state index is -0.794. The summed E-state index contributed by atoms with van der Waals surface area (Å²) in [6, 6.07) is 5.80. The summed E-state index contributed by atoms with van der Waals surface area (Å²) in [5, 5.41) is 3.50. The van der Waals surface area contributed by atoms with Gasteiger partial charge in [0.15, 0.2) is 6.10 Å². The maximum atomic E-state index is 11.9. The Balaban J connectivity index is 2.03. The number of amides is 1. The molecule has 0 saturated carbocycles. The standard InChI is InChI=1S/C16H19NO4/c1-4-17-16(19)11(3)21-15(18)8-12-9-20-14-7-10(2)5-6-13(12)14/h5-7,9,11H,4,8H2,1-3H3,(H,17,19)/t11-/m0/s1. The zero-order valence-electron chi connectivity index (χ0n) is 12.4. The average molecular weight is 289 g/mol. The molecule has 1 amide bonds. The van der Waals surface area contributed by atoms with Crippen molar-refractivity contribution >= 4 is 22.8 Å². The molecule has 0 saturated heterocycles. The number of ether oxygens (including phenoxy) is 1. The van der Waals surface area contributed by atoms with Gasteiger partial charge in [-0.3, -0.25) is 9.59 Å². The van der Waals surface area contributed by atoms with E-state index in [1.54, 1.807) is 13.2 Å². The minimum absolute atomic E-state index is 0.0831. The maximum Gasteiger partial charge on any atom is 0.311 e. The molecule has 2 aromatic rings. The third-order valence-electron chi connectivity index (χ3n) is 3.17. The summed E-state index contributed by atoms with van der Waals surface area (Å²) in [5.41, 5.74) is 2.60. The monoisotopic (exact) mass is 289 g/mol.